The van der Waals surface area contributed by atoms with Crippen molar-refractivity contribution in [3.63, 3.8) is 0 Å². The van der Waals surface area contributed by atoms with E-state index in [4.69, 9.17) is 4.74 Å². The largest absolute Gasteiger partial charge is 0.378 e. The van der Waals surface area contributed by atoms with Gasteiger partial charge in [-0.05, 0) is 19.9 Å². The van der Waals surface area contributed by atoms with Crippen LogP contribution < -0.4 is 0 Å². The van der Waals surface area contributed by atoms with Crippen LogP contribution in [0.3, 0.4) is 0 Å². The Hall–Kier alpha value is -2.41. The van der Waals surface area contributed by atoms with Crippen molar-refractivity contribution in [1.29, 1.82) is 0 Å². The van der Waals surface area contributed by atoms with Gasteiger partial charge in [0.25, 0.3) is 5.91 Å². The molecular formula is C18H24N4O3. The molecule has 2 amide bonds. The standard InChI is InChI=1S/C18H24N4O3/c1-13(2)25-12-7-16(23)21-8-10-22(11-9-21)18(24)17-14-5-3-4-6-15(14)19-20-17/h3-6,13H,7-12H2,1-2H3,(H,19,20). The molecule has 134 valence electrons. The fraction of sp³-hybridized carbons (Fsp3) is 0.500. The van der Waals surface area contributed by atoms with Crippen molar-refractivity contribution in [1.82, 2.24) is 20.0 Å². The maximum Gasteiger partial charge on any atom is 0.275 e. The van der Waals surface area contributed by atoms with Crippen LogP contribution in [0.2, 0.25) is 0 Å². The lowest BCUT2D eigenvalue weighted by Gasteiger charge is -2.34. The zero-order chi connectivity index (χ0) is 17.8. The number of para-hydroxylation sites is 1. The molecule has 0 saturated carbocycles. The molecule has 1 aliphatic rings. The highest BCUT2D eigenvalue weighted by atomic mass is 16.5. The highest BCUT2D eigenvalue weighted by Crippen LogP contribution is 2.17. The molecule has 0 atom stereocenters. The van der Waals surface area contributed by atoms with E-state index in [0.717, 1.165) is 10.9 Å². The fourth-order valence-electron chi connectivity index (χ4n) is 2.98. The van der Waals surface area contributed by atoms with E-state index in [0.29, 0.717) is 44.9 Å². The molecule has 1 aromatic heterocycles. The number of aromatic amines is 1. The van der Waals surface area contributed by atoms with Crippen LogP contribution in [0.1, 0.15) is 30.8 Å². The van der Waals surface area contributed by atoms with E-state index in [1.807, 2.05) is 38.1 Å². The predicted molar refractivity (Wildman–Crippen MR) is 94.3 cm³/mol. The van der Waals surface area contributed by atoms with Gasteiger partial charge in [0.2, 0.25) is 5.91 Å². The molecule has 3 rings (SSSR count). The summed E-state index contributed by atoms with van der Waals surface area (Å²) in [5.74, 6) is -0.00865. The molecule has 2 heterocycles. The minimum Gasteiger partial charge on any atom is -0.378 e. The number of nitrogens with one attached hydrogen (secondary N) is 1. The Balaban J connectivity index is 1.55. The van der Waals surface area contributed by atoms with Gasteiger partial charge in [0.05, 0.1) is 24.6 Å². The maximum absolute atomic E-state index is 12.7. The number of amides is 2. The number of carbonyl (C=O) groups excluding carboxylic acids is 2. The molecule has 7 heteroatoms. The first-order valence-corrected chi connectivity index (χ1v) is 8.68. The minimum absolute atomic E-state index is 0.0815. The third-order valence-electron chi connectivity index (χ3n) is 4.36. The topological polar surface area (TPSA) is 78.5 Å². The molecule has 0 spiro atoms. The van der Waals surface area contributed by atoms with E-state index in [1.165, 1.54) is 0 Å². The Morgan fingerprint density at radius 2 is 1.84 bits per heavy atom. The molecule has 0 radical (unpaired) electrons. The smallest absolute Gasteiger partial charge is 0.275 e. The second-order valence-electron chi connectivity index (χ2n) is 6.46. The van der Waals surface area contributed by atoms with Crippen LogP contribution in [0.5, 0.6) is 0 Å². The molecule has 1 N–H and O–H groups in total. The molecule has 0 bridgehead atoms. The summed E-state index contributed by atoms with van der Waals surface area (Å²) in [4.78, 5) is 28.5. The zero-order valence-corrected chi connectivity index (χ0v) is 14.7. The van der Waals surface area contributed by atoms with Crippen molar-refractivity contribution in [2.75, 3.05) is 32.8 Å². The fourth-order valence-corrected chi connectivity index (χ4v) is 2.98. The SMILES string of the molecule is CC(C)OCCC(=O)N1CCN(C(=O)c2n[nH]c3ccccc23)CC1. The Labute approximate surface area is 146 Å². The van der Waals surface area contributed by atoms with Crippen LogP contribution in [-0.4, -0.2) is 70.7 Å². The summed E-state index contributed by atoms with van der Waals surface area (Å²) in [6.07, 6.45) is 0.516. The van der Waals surface area contributed by atoms with Gasteiger partial charge in [-0.15, -0.1) is 0 Å². The van der Waals surface area contributed by atoms with Gasteiger partial charge in [-0.25, -0.2) is 0 Å². The Bertz CT molecular complexity index is 748. The lowest BCUT2D eigenvalue weighted by molar-refractivity contribution is -0.134. The molecule has 1 aromatic carbocycles. The monoisotopic (exact) mass is 344 g/mol. The number of hydrogen-bond donors (Lipinski definition) is 1. The van der Waals surface area contributed by atoms with Gasteiger partial charge in [-0.3, -0.25) is 14.7 Å². The number of ether oxygens (including phenoxy) is 1. The first-order valence-electron chi connectivity index (χ1n) is 8.68. The maximum atomic E-state index is 12.7. The van der Waals surface area contributed by atoms with E-state index < -0.39 is 0 Å². The molecule has 25 heavy (non-hydrogen) atoms. The number of H-pyrrole nitrogens is 1. The van der Waals surface area contributed by atoms with Crippen molar-refractivity contribution in [2.24, 2.45) is 0 Å². The van der Waals surface area contributed by atoms with Crippen molar-refractivity contribution < 1.29 is 14.3 Å². The van der Waals surface area contributed by atoms with Crippen molar-refractivity contribution in [2.45, 2.75) is 26.4 Å². The number of aromatic nitrogens is 2. The lowest BCUT2D eigenvalue weighted by Crippen LogP contribution is -2.50. The molecule has 1 aliphatic heterocycles. The van der Waals surface area contributed by atoms with E-state index in [1.54, 1.807) is 9.80 Å². The first-order chi connectivity index (χ1) is 12.1. The van der Waals surface area contributed by atoms with Gasteiger partial charge >= 0.3 is 0 Å². The first kappa shape index (κ1) is 17.4. The van der Waals surface area contributed by atoms with Crippen molar-refractivity contribution in [3.05, 3.63) is 30.0 Å². The third-order valence-corrected chi connectivity index (χ3v) is 4.36. The number of piperazine rings is 1. The van der Waals surface area contributed by atoms with Gasteiger partial charge < -0.3 is 14.5 Å². The predicted octanol–water partition coefficient (Wildman–Crippen LogP) is 1.66. The van der Waals surface area contributed by atoms with Crippen LogP contribution >= 0.6 is 0 Å². The average molecular weight is 344 g/mol. The summed E-state index contributed by atoms with van der Waals surface area (Å²) in [7, 11) is 0. The van der Waals surface area contributed by atoms with Gasteiger partial charge in [-0.1, -0.05) is 18.2 Å². The Morgan fingerprint density at radius 1 is 1.16 bits per heavy atom. The van der Waals surface area contributed by atoms with Crippen molar-refractivity contribution >= 4 is 22.7 Å². The summed E-state index contributed by atoms with van der Waals surface area (Å²) >= 11 is 0. The molecule has 2 aromatic rings. The molecule has 7 nitrogen and oxygen atoms in total. The quantitative estimate of drug-likeness (QED) is 0.895. The molecule has 1 fully saturated rings. The van der Waals surface area contributed by atoms with E-state index >= 15 is 0 Å². The molecule has 0 aliphatic carbocycles. The summed E-state index contributed by atoms with van der Waals surface area (Å²) < 4.78 is 5.43. The summed E-state index contributed by atoms with van der Waals surface area (Å²) in [5.41, 5.74) is 1.30. The summed E-state index contributed by atoms with van der Waals surface area (Å²) in [6, 6.07) is 7.59. The number of nitrogens with zero attached hydrogens (tertiary/aromatic N) is 3. The molecule has 1 saturated heterocycles. The van der Waals surface area contributed by atoms with Crippen LogP contribution in [-0.2, 0) is 9.53 Å². The van der Waals surface area contributed by atoms with Crippen LogP contribution in [0.15, 0.2) is 24.3 Å². The van der Waals surface area contributed by atoms with Crippen LogP contribution in [0, 0.1) is 0 Å². The summed E-state index contributed by atoms with van der Waals surface area (Å²) in [5, 5.41) is 7.89. The Morgan fingerprint density at radius 3 is 2.56 bits per heavy atom. The lowest BCUT2D eigenvalue weighted by atomic mass is 10.2. The van der Waals surface area contributed by atoms with Gasteiger partial charge in [0.1, 0.15) is 0 Å². The van der Waals surface area contributed by atoms with Gasteiger partial charge in [0, 0.05) is 31.6 Å². The highest BCUT2D eigenvalue weighted by Gasteiger charge is 2.26. The van der Waals surface area contributed by atoms with Gasteiger partial charge in [-0.2, -0.15) is 5.10 Å². The third kappa shape index (κ3) is 3.99. The number of benzene rings is 1. The van der Waals surface area contributed by atoms with Crippen LogP contribution in [0.25, 0.3) is 10.9 Å². The number of hydrogen-bond acceptors (Lipinski definition) is 4. The van der Waals surface area contributed by atoms with Gasteiger partial charge in [0.15, 0.2) is 5.69 Å². The molecule has 0 unspecified atom stereocenters. The van der Waals surface area contributed by atoms with E-state index in [-0.39, 0.29) is 17.9 Å². The van der Waals surface area contributed by atoms with E-state index in [9.17, 15) is 9.59 Å². The molecular weight excluding hydrogens is 320 g/mol. The normalized spacial score (nSPS) is 15.2. The summed E-state index contributed by atoms with van der Waals surface area (Å²) in [6.45, 7) is 6.49. The second-order valence-corrected chi connectivity index (χ2v) is 6.46. The Kier molecular flexibility index (Phi) is 5.33. The highest BCUT2D eigenvalue weighted by molar-refractivity contribution is 6.04. The van der Waals surface area contributed by atoms with E-state index in [2.05, 4.69) is 10.2 Å². The second kappa shape index (κ2) is 7.65. The zero-order valence-electron chi connectivity index (χ0n) is 14.7. The minimum atomic E-state index is -0.0901. The van der Waals surface area contributed by atoms with Crippen LogP contribution in [0.4, 0.5) is 0 Å². The van der Waals surface area contributed by atoms with Crippen molar-refractivity contribution in [3.8, 4) is 0 Å². The number of rotatable bonds is 5. The number of carbonyl (C=O) groups is 2. The number of fused-ring (bicyclic) bond motifs is 1. The average Bonchev–Trinajstić information content (AvgIpc) is 3.05.